The minimum Gasteiger partial charge on any atom is -0.494 e. The Bertz CT molecular complexity index is 1940. The Morgan fingerprint density at radius 2 is 0.951 bits per heavy atom. The largest absolute Gasteiger partial charge is 0.494 e. The first-order valence-corrected chi connectivity index (χ1v) is 46.2. The summed E-state index contributed by atoms with van der Waals surface area (Å²) in [6.07, 6.45) is 17.1. The van der Waals surface area contributed by atoms with Crippen LogP contribution in [0.4, 0.5) is 0 Å². The molecule has 8 nitrogen and oxygen atoms in total. The number of unbranched alkanes of at least 4 members (excludes halogenated alkanes) is 10. The fraction of sp³-hybridized carbons (Fsp3) is 0.812. The second kappa shape index (κ2) is 39.0. The molecule has 3 saturated heterocycles. The molecule has 3 aliphatic rings. The summed E-state index contributed by atoms with van der Waals surface area (Å²) in [6.45, 7) is 42.7. The number of thioether (sulfide) groups is 4. The van der Waals surface area contributed by atoms with E-state index in [1.54, 1.807) is 11.8 Å². The Hall–Kier alpha value is 0.648. The molecule has 2 aromatic carbocycles. The summed E-state index contributed by atoms with van der Waals surface area (Å²) in [5.74, 6) is 3.89. The van der Waals surface area contributed by atoms with Crippen molar-refractivity contribution >= 4 is 102 Å². The van der Waals surface area contributed by atoms with Gasteiger partial charge in [-0.05, 0) is 105 Å². The normalized spacial score (nSPS) is 22.0. The quantitative estimate of drug-likeness (QED) is 0.0405. The lowest BCUT2D eigenvalue weighted by atomic mass is 10.1. The number of fused-ring (bicyclic) bond motifs is 1. The highest BCUT2D eigenvalue weighted by atomic mass is 35.6. The van der Waals surface area contributed by atoms with E-state index < -0.39 is 32.4 Å². The molecule has 82 heavy (non-hydrogen) atoms. The van der Waals surface area contributed by atoms with Gasteiger partial charge in [-0.25, -0.2) is 0 Å². The van der Waals surface area contributed by atoms with Crippen LogP contribution in [0.2, 0.25) is 44.3 Å². The number of aliphatic hydroxyl groups excluding tert-OH is 2. The van der Waals surface area contributed by atoms with Crippen molar-refractivity contribution in [2.24, 2.45) is 0 Å². The van der Waals surface area contributed by atoms with Crippen molar-refractivity contribution in [3.05, 3.63) is 59.7 Å². The van der Waals surface area contributed by atoms with Crippen LogP contribution in [0.1, 0.15) is 226 Å². The molecule has 6 atom stereocenters. The Labute approximate surface area is 534 Å². The molecule has 476 valence electrons. The van der Waals surface area contributed by atoms with Crippen LogP contribution >= 0.6 is 69.2 Å². The summed E-state index contributed by atoms with van der Waals surface area (Å²) in [5.41, 5.74) is 5.73. The minimum atomic E-state index is -2.51. The van der Waals surface area contributed by atoms with Crippen LogP contribution in [-0.2, 0) is 28.6 Å². The van der Waals surface area contributed by atoms with Crippen molar-refractivity contribution in [3.8, 4) is 11.5 Å². The summed E-state index contributed by atoms with van der Waals surface area (Å²) in [4.78, 5) is 0. The summed E-state index contributed by atoms with van der Waals surface area (Å²) < 4.78 is 40.8. The van der Waals surface area contributed by atoms with E-state index in [1.807, 2.05) is 11.8 Å². The number of hydrogen-bond acceptors (Lipinski definition) is 12. The maximum absolute atomic E-state index is 9.85. The average molecular weight is 1330 g/mol. The van der Waals surface area contributed by atoms with E-state index >= 15 is 0 Å². The second-order valence-electron chi connectivity index (χ2n) is 25.8. The van der Waals surface area contributed by atoms with Crippen LogP contribution in [-0.4, -0.2) is 101 Å². The second-order valence-corrected chi connectivity index (χ2v) is 52.3. The van der Waals surface area contributed by atoms with Gasteiger partial charge >= 0.3 is 17.1 Å². The molecule has 2 aromatic rings. The molecule has 5 rings (SSSR count). The fourth-order valence-electron chi connectivity index (χ4n) is 11.1. The van der Waals surface area contributed by atoms with Gasteiger partial charge in [0.2, 0.25) is 0 Å². The zero-order valence-corrected chi connectivity index (χ0v) is 63.4. The van der Waals surface area contributed by atoms with E-state index in [-0.39, 0.29) is 24.1 Å². The van der Waals surface area contributed by atoms with Gasteiger partial charge in [-0.15, -0.1) is 69.2 Å². The standard InChI is InChI=1S/C32H58O4S2Si2.C20H32O3S2.C12H28Cl2OSi2/c1-10-11-12-13-14-15-20-33-29-18-16-28(17-19-29)23-37-32-21-30-31(38-32)22-34-39(24(2)3,25(4)5)36-40(35-30,26(6)7)27(8)9;1-2-3-4-5-6-7-12-23-17-10-8-16(9-11-17)15-24-20-13-18(22)19(14-21)25-20;1-9(2)16(13,10(3)4)15-17(14,11(5)6)12(7)8/h16-19,24-27,30-32H,10-15,20-23H2,1-9H3;8-11,18-22H,2-7,12-15H2,1H3;9-12H,1-8H3/t30-,31+,32?;18-,19+,20?;/m00./s1. The number of benzene rings is 2. The molecule has 0 bridgehead atoms. The molecule has 18 heteroatoms. The van der Waals surface area contributed by atoms with Gasteiger partial charge in [-0.3, -0.25) is 0 Å². The third-order valence-electron chi connectivity index (χ3n) is 16.6. The molecule has 0 saturated carbocycles. The van der Waals surface area contributed by atoms with Crippen LogP contribution < -0.4 is 9.47 Å². The predicted molar refractivity (Wildman–Crippen MR) is 374 cm³/mol. The third-order valence-corrected chi connectivity index (χ3v) is 48.5. The van der Waals surface area contributed by atoms with Crippen LogP contribution in [0, 0.1) is 0 Å². The summed E-state index contributed by atoms with van der Waals surface area (Å²) in [6, 6.07) is 17.1. The fourth-order valence-corrected chi connectivity index (χ4v) is 39.5. The predicted octanol–water partition coefficient (Wildman–Crippen LogP) is 21.3. The lowest BCUT2D eigenvalue weighted by Gasteiger charge is -2.51. The highest BCUT2D eigenvalue weighted by Gasteiger charge is 2.60. The summed E-state index contributed by atoms with van der Waals surface area (Å²) >= 11 is 21.4. The van der Waals surface area contributed by atoms with Gasteiger partial charge in [0.05, 0.1) is 58.3 Å². The highest BCUT2D eigenvalue weighted by molar-refractivity contribution is 8.17. The smallest absolute Gasteiger partial charge is 0.334 e. The zero-order valence-electron chi connectivity index (χ0n) is 54.6. The Balaban J connectivity index is 0.000000357. The Morgan fingerprint density at radius 3 is 1.32 bits per heavy atom. The van der Waals surface area contributed by atoms with Gasteiger partial charge in [0.1, 0.15) is 11.5 Å². The van der Waals surface area contributed by atoms with Crippen molar-refractivity contribution in [2.75, 3.05) is 26.4 Å². The molecule has 0 aromatic heterocycles. The number of rotatable bonds is 33. The van der Waals surface area contributed by atoms with Crippen molar-refractivity contribution in [3.63, 3.8) is 0 Å². The lowest BCUT2D eigenvalue weighted by Crippen LogP contribution is -2.64. The van der Waals surface area contributed by atoms with E-state index in [9.17, 15) is 10.2 Å². The van der Waals surface area contributed by atoms with Gasteiger partial charge < -0.3 is 36.8 Å². The van der Waals surface area contributed by atoms with E-state index in [0.717, 1.165) is 68.5 Å². The SMILES string of the molecule is CC(C)[Si](Cl)(O[Si](Cl)(C(C)C)C(C)C)C(C)C.CCCCCCCCOc1ccc(CSC2C[C@@H]3O[Si](C(C)C)(C(C)C)O[Si](C(C)C)(C(C)C)OC[C@H]3S2)cc1.CCCCCCCCOc1ccc(CSC2C[C@H](O)[C@@H](CO)S2)cc1. The molecule has 0 aliphatic carbocycles. The van der Waals surface area contributed by atoms with Gasteiger partial charge in [0.15, 0.2) is 0 Å². The van der Waals surface area contributed by atoms with Crippen molar-refractivity contribution in [2.45, 2.75) is 302 Å². The zero-order chi connectivity index (χ0) is 61.3. The average Bonchev–Trinajstić information content (AvgIpc) is 4.00. The van der Waals surface area contributed by atoms with Crippen LogP contribution in [0.3, 0.4) is 0 Å². The number of hydrogen-bond donors (Lipinski definition) is 2. The topological polar surface area (TPSA) is 95.8 Å². The van der Waals surface area contributed by atoms with Crippen LogP contribution in [0.5, 0.6) is 11.5 Å². The first-order chi connectivity index (χ1) is 38.7. The van der Waals surface area contributed by atoms with E-state index in [2.05, 4.69) is 197 Å². The molecule has 3 heterocycles. The van der Waals surface area contributed by atoms with Crippen molar-refractivity contribution in [1.82, 2.24) is 0 Å². The van der Waals surface area contributed by atoms with Crippen molar-refractivity contribution < 1.29 is 36.8 Å². The maximum atomic E-state index is 9.85. The molecule has 2 N–H and O–H groups in total. The summed E-state index contributed by atoms with van der Waals surface area (Å²) in [5, 5.41) is 19.4. The first-order valence-electron chi connectivity index (χ1n) is 32.1. The van der Waals surface area contributed by atoms with Gasteiger partial charge in [-0.2, -0.15) is 0 Å². The molecule has 3 fully saturated rings. The van der Waals surface area contributed by atoms with E-state index in [0.29, 0.717) is 58.7 Å². The van der Waals surface area contributed by atoms with Crippen LogP contribution in [0.15, 0.2) is 48.5 Å². The van der Waals surface area contributed by atoms with Crippen LogP contribution in [0.25, 0.3) is 0 Å². The summed E-state index contributed by atoms with van der Waals surface area (Å²) in [7, 11) is -9.49. The van der Waals surface area contributed by atoms with Gasteiger partial charge in [-0.1, -0.05) is 213 Å². The molecule has 0 radical (unpaired) electrons. The highest BCUT2D eigenvalue weighted by Crippen LogP contribution is 2.52. The Kier molecular flexibility index (Phi) is 36.6. The molecular formula is C64H118Cl2O8S4Si4. The number of aliphatic hydroxyl groups is 2. The molecule has 0 amide bonds. The van der Waals surface area contributed by atoms with Crippen molar-refractivity contribution in [1.29, 1.82) is 0 Å². The van der Waals surface area contributed by atoms with Gasteiger partial charge in [0, 0.05) is 11.5 Å². The van der Waals surface area contributed by atoms with E-state index in [4.69, 9.17) is 48.7 Å². The number of halogens is 2. The van der Waals surface area contributed by atoms with Gasteiger partial charge in [0.25, 0.3) is 15.3 Å². The molecular weight excluding hydrogens is 1210 g/mol. The molecule has 2 unspecified atom stereocenters. The maximum Gasteiger partial charge on any atom is 0.334 e. The van der Waals surface area contributed by atoms with E-state index in [1.165, 1.54) is 75.3 Å². The Morgan fingerprint density at radius 1 is 0.561 bits per heavy atom. The molecule has 0 spiro atoms. The first kappa shape index (κ1) is 76.9. The third kappa shape index (κ3) is 24.1. The minimum absolute atomic E-state index is 0.0183. The molecule has 3 aliphatic heterocycles. The monoisotopic (exact) mass is 1320 g/mol. The lowest BCUT2D eigenvalue weighted by molar-refractivity contribution is 0.0739. The number of ether oxygens (including phenoxy) is 2.